The molecule has 0 spiro atoms. The maximum Gasteiger partial charge on any atom is 0.341 e. The number of carboxylic acid groups (broad SMARTS) is 1. The van der Waals surface area contributed by atoms with Crippen LogP contribution in [0.3, 0.4) is 0 Å². The average Bonchev–Trinajstić information content (AvgIpc) is 2.61. The molecule has 0 aliphatic heterocycles. The van der Waals surface area contributed by atoms with Crippen molar-refractivity contribution in [3.05, 3.63) is 45.5 Å². The minimum atomic E-state index is -1.04. The fourth-order valence-electron chi connectivity index (χ4n) is 2.14. The second-order valence-corrected chi connectivity index (χ2v) is 6.29. The predicted molar refractivity (Wildman–Crippen MR) is 108 cm³/mol. The molecule has 26 heavy (non-hydrogen) atoms. The summed E-state index contributed by atoms with van der Waals surface area (Å²) in [6.07, 6.45) is 1.72. The van der Waals surface area contributed by atoms with Crippen molar-refractivity contribution >= 4 is 40.5 Å². The van der Waals surface area contributed by atoms with Crippen molar-refractivity contribution in [3.63, 3.8) is 0 Å². The van der Waals surface area contributed by atoms with Crippen LogP contribution >= 0.6 is 22.6 Å². The van der Waals surface area contributed by atoms with E-state index in [1.165, 1.54) is 0 Å². The van der Waals surface area contributed by atoms with Gasteiger partial charge in [0.2, 0.25) is 0 Å². The van der Waals surface area contributed by atoms with E-state index in [-0.39, 0.29) is 0 Å². The van der Waals surface area contributed by atoms with E-state index < -0.39 is 12.6 Å². The van der Waals surface area contributed by atoms with E-state index in [2.05, 4.69) is 27.6 Å². The lowest BCUT2D eigenvalue weighted by atomic mass is 10.2. The summed E-state index contributed by atoms with van der Waals surface area (Å²) in [5.41, 5.74) is 1.63. The number of hydrogen-bond acceptors (Lipinski definition) is 5. The Bertz CT molecular complexity index is 774. The van der Waals surface area contributed by atoms with Gasteiger partial charge in [0.1, 0.15) is 5.75 Å². The van der Waals surface area contributed by atoms with E-state index in [1.807, 2.05) is 44.2 Å². The number of aliphatic imine (C=N–C) groups is 1. The van der Waals surface area contributed by atoms with Gasteiger partial charge >= 0.3 is 5.97 Å². The summed E-state index contributed by atoms with van der Waals surface area (Å²) in [5, 5.41) is 8.81. The van der Waals surface area contributed by atoms with Gasteiger partial charge in [0.15, 0.2) is 18.1 Å². The number of halogens is 1. The molecule has 0 aliphatic rings. The van der Waals surface area contributed by atoms with Crippen molar-refractivity contribution in [1.82, 2.24) is 0 Å². The second-order valence-electron chi connectivity index (χ2n) is 5.13. The number of nitrogens with zero attached hydrogens (tertiary/aromatic N) is 1. The van der Waals surface area contributed by atoms with Gasteiger partial charge in [0.25, 0.3) is 0 Å². The first-order chi connectivity index (χ1) is 12.5. The Kier molecular flexibility index (Phi) is 7.71. The monoisotopic (exact) mass is 469 g/mol. The second kappa shape index (κ2) is 10.0. The molecule has 0 radical (unpaired) electrons. The van der Waals surface area contributed by atoms with E-state index >= 15 is 0 Å². The molecule has 2 aromatic rings. The van der Waals surface area contributed by atoms with Crippen LogP contribution < -0.4 is 14.2 Å². The van der Waals surface area contributed by atoms with Crippen molar-refractivity contribution in [3.8, 4) is 17.2 Å². The van der Waals surface area contributed by atoms with Crippen LogP contribution in [-0.4, -0.2) is 37.1 Å². The molecule has 138 valence electrons. The van der Waals surface area contributed by atoms with Gasteiger partial charge in [-0.05, 0) is 78.4 Å². The highest BCUT2D eigenvalue weighted by Crippen LogP contribution is 2.34. The Morgan fingerprint density at radius 1 is 1.12 bits per heavy atom. The highest BCUT2D eigenvalue weighted by atomic mass is 127. The summed E-state index contributed by atoms with van der Waals surface area (Å²) in [5.74, 6) is 0.686. The molecule has 0 saturated carbocycles. The van der Waals surface area contributed by atoms with Crippen LogP contribution in [-0.2, 0) is 4.79 Å². The van der Waals surface area contributed by atoms with Crippen LogP contribution in [0.25, 0.3) is 0 Å². The SMILES string of the molecule is CCOc1ccc(N=Cc2cc(I)c(OCC(=O)O)c(OCC)c2)cc1. The molecule has 7 heteroatoms. The van der Waals surface area contributed by atoms with Crippen molar-refractivity contribution in [2.24, 2.45) is 4.99 Å². The van der Waals surface area contributed by atoms with Crippen LogP contribution in [0.2, 0.25) is 0 Å². The zero-order valence-corrected chi connectivity index (χ0v) is 16.7. The highest BCUT2D eigenvalue weighted by molar-refractivity contribution is 14.1. The standard InChI is InChI=1S/C19H20INO5/c1-3-24-15-7-5-14(6-8-15)21-11-13-9-16(20)19(26-12-18(22)23)17(10-13)25-4-2/h5-11H,3-4,12H2,1-2H3,(H,22,23). The molecule has 0 atom stereocenters. The van der Waals surface area contributed by atoms with Crippen LogP contribution in [0.5, 0.6) is 17.2 Å². The summed E-state index contributed by atoms with van der Waals surface area (Å²) in [4.78, 5) is 15.2. The number of benzene rings is 2. The lowest BCUT2D eigenvalue weighted by molar-refractivity contribution is -0.139. The minimum absolute atomic E-state index is 0.421. The van der Waals surface area contributed by atoms with Crippen LogP contribution in [0.15, 0.2) is 41.4 Å². The molecule has 0 aliphatic carbocycles. The Morgan fingerprint density at radius 2 is 1.81 bits per heavy atom. The smallest absolute Gasteiger partial charge is 0.341 e. The van der Waals surface area contributed by atoms with Gasteiger partial charge in [-0.2, -0.15) is 0 Å². The minimum Gasteiger partial charge on any atom is -0.494 e. The zero-order chi connectivity index (χ0) is 18.9. The van der Waals surface area contributed by atoms with Crippen molar-refractivity contribution in [1.29, 1.82) is 0 Å². The normalized spacial score (nSPS) is 10.7. The summed E-state index contributed by atoms with van der Waals surface area (Å²) in [6.45, 7) is 4.44. The largest absolute Gasteiger partial charge is 0.494 e. The van der Waals surface area contributed by atoms with Crippen LogP contribution in [0.4, 0.5) is 5.69 Å². The topological polar surface area (TPSA) is 77.4 Å². The van der Waals surface area contributed by atoms with Gasteiger partial charge in [0.05, 0.1) is 22.5 Å². The van der Waals surface area contributed by atoms with Gasteiger partial charge in [-0.15, -0.1) is 0 Å². The predicted octanol–water partition coefficient (Wildman–Crippen LogP) is 4.30. The molecule has 2 rings (SSSR count). The van der Waals surface area contributed by atoms with Crippen LogP contribution in [0.1, 0.15) is 19.4 Å². The fraction of sp³-hybridized carbons (Fsp3) is 0.263. The number of carbonyl (C=O) groups is 1. The van der Waals surface area contributed by atoms with Gasteiger partial charge < -0.3 is 19.3 Å². The Hall–Kier alpha value is -2.29. The van der Waals surface area contributed by atoms with E-state index in [9.17, 15) is 4.79 Å². The van der Waals surface area contributed by atoms with E-state index in [1.54, 1.807) is 12.3 Å². The van der Waals surface area contributed by atoms with Crippen molar-refractivity contribution in [2.45, 2.75) is 13.8 Å². The number of rotatable bonds is 9. The quantitative estimate of drug-likeness (QED) is 0.438. The zero-order valence-electron chi connectivity index (χ0n) is 14.6. The van der Waals surface area contributed by atoms with Gasteiger partial charge in [-0.25, -0.2) is 4.79 Å². The molecule has 0 saturated heterocycles. The number of ether oxygens (including phenoxy) is 3. The molecule has 2 aromatic carbocycles. The molecular formula is C19H20INO5. The lowest BCUT2D eigenvalue weighted by Gasteiger charge is -2.13. The molecule has 1 N–H and O–H groups in total. The number of hydrogen-bond donors (Lipinski definition) is 1. The first kappa shape index (κ1) is 20.0. The maximum atomic E-state index is 10.7. The third-order valence-electron chi connectivity index (χ3n) is 3.18. The number of aliphatic carboxylic acids is 1. The highest BCUT2D eigenvalue weighted by Gasteiger charge is 2.13. The molecule has 0 bridgehead atoms. The molecule has 0 aromatic heterocycles. The summed E-state index contributed by atoms with van der Waals surface area (Å²) in [6, 6.07) is 11.1. The third kappa shape index (κ3) is 5.91. The Morgan fingerprint density at radius 3 is 2.42 bits per heavy atom. The molecule has 0 unspecified atom stereocenters. The fourth-order valence-corrected chi connectivity index (χ4v) is 2.92. The lowest BCUT2D eigenvalue weighted by Crippen LogP contribution is -2.11. The number of carboxylic acids is 1. The van der Waals surface area contributed by atoms with Gasteiger partial charge in [-0.1, -0.05) is 0 Å². The van der Waals surface area contributed by atoms with Gasteiger partial charge in [0, 0.05) is 6.21 Å². The van der Waals surface area contributed by atoms with Crippen molar-refractivity contribution < 1.29 is 24.1 Å². The average molecular weight is 469 g/mol. The van der Waals surface area contributed by atoms with Crippen molar-refractivity contribution in [2.75, 3.05) is 19.8 Å². The van der Waals surface area contributed by atoms with Gasteiger partial charge in [-0.3, -0.25) is 4.99 Å². The molecule has 6 nitrogen and oxygen atoms in total. The first-order valence-corrected chi connectivity index (χ1v) is 9.19. The Labute approximate surface area is 165 Å². The molecule has 0 heterocycles. The van der Waals surface area contributed by atoms with Crippen LogP contribution in [0, 0.1) is 3.57 Å². The van der Waals surface area contributed by atoms with E-state index in [0.29, 0.717) is 24.7 Å². The molecule has 0 amide bonds. The molecular weight excluding hydrogens is 449 g/mol. The maximum absolute atomic E-state index is 10.7. The third-order valence-corrected chi connectivity index (χ3v) is 3.98. The van der Waals surface area contributed by atoms with E-state index in [0.717, 1.165) is 20.6 Å². The van der Waals surface area contributed by atoms with E-state index in [4.69, 9.17) is 19.3 Å². The summed E-state index contributed by atoms with van der Waals surface area (Å²) < 4.78 is 17.1. The Balaban J connectivity index is 2.21. The molecule has 0 fully saturated rings. The summed E-state index contributed by atoms with van der Waals surface area (Å²) >= 11 is 2.09. The summed E-state index contributed by atoms with van der Waals surface area (Å²) in [7, 11) is 0. The first-order valence-electron chi connectivity index (χ1n) is 8.11.